The number of methoxy groups -OCH3 is 1. The monoisotopic (exact) mass is 365 g/mol. The van der Waals surface area contributed by atoms with Crippen LogP contribution in [0.1, 0.15) is 17.3 Å². The van der Waals surface area contributed by atoms with Crippen LogP contribution in [0.5, 0.6) is 5.75 Å². The van der Waals surface area contributed by atoms with Gasteiger partial charge in [0.05, 0.1) is 24.0 Å². The number of amides is 1. The van der Waals surface area contributed by atoms with Crippen LogP contribution in [0.4, 0.5) is 5.69 Å². The largest absolute Gasteiger partial charge is 0.495 e. The van der Waals surface area contributed by atoms with Gasteiger partial charge in [0.1, 0.15) is 5.75 Å². The van der Waals surface area contributed by atoms with Crippen LogP contribution in [0.15, 0.2) is 67.0 Å². The summed E-state index contributed by atoms with van der Waals surface area (Å²) in [6.45, 7) is 1.51. The van der Waals surface area contributed by atoms with Crippen molar-refractivity contribution >= 4 is 17.6 Å². The molecule has 0 saturated carbocycles. The Morgan fingerprint density at radius 1 is 1.07 bits per heavy atom. The van der Waals surface area contributed by atoms with Crippen LogP contribution in [0, 0.1) is 0 Å². The summed E-state index contributed by atoms with van der Waals surface area (Å²) in [6.07, 6.45) is 2.51. The number of hydrogen-bond donors (Lipinski definition) is 1. The number of para-hydroxylation sites is 2. The number of nitrogens with one attached hydrogen (secondary N) is 1. The minimum atomic E-state index is -0.965. The van der Waals surface area contributed by atoms with Crippen molar-refractivity contribution in [2.24, 2.45) is 0 Å². The lowest BCUT2D eigenvalue weighted by atomic mass is 10.2. The fourth-order valence-corrected chi connectivity index (χ4v) is 2.44. The van der Waals surface area contributed by atoms with Crippen molar-refractivity contribution in [2.45, 2.75) is 13.0 Å². The van der Waals surface area contributed by atoms with E-state index in [2.05, 4.69) is 10.4 Å². The van der Waals surface area contributed by atoms with E-state index in [4.69, 9.17) is 9.47 Å². The number of rotatable bonds is 6. The number of aromatic nitrogens is 2. The lowest BCUT2D eigenvalue weighted by Gasteiger charge is -2.15. The number of ether oxygens (including phenoxy) is 2. The average Bonchev–Trinajstić information content (AvgIpc) is 3.23. The van der Waals surface area contributed by atoms with Crippen LogP contribution in [0.25, 0.3) is 5.69 Å². The number of hydrogen-bond acceptors (Lipinski definition) is 5. The number of esters is 1. The molecule has 2 aromatic carbocycles. The van der Waals surface area contributed by atoms with Gasteiger partial charge >= 0.3 is 5.97 Å². The maximum atomic E-state index is 12.3. The van der Waals surface area contributed by atoms with E-state index >= 15 is 0 Å². The summed E-state index contributed by atoms with van der Waals surface area (Å²) in [5.74, 6) is -0.496. The molecule has 0 fully saturated rings. The van der Waals surface area contributed by atoms with Gasteiger partial charge in [0.25, 0.3) is 5.91 Å². The first-order chi connectivity index (χ1) is 13.1. The number of anilines is 1. The van der Waals surface area contributed by atoms with Crippen molar-refractivity contribution in [3.8, 4) is 11.4 Å². The molecule has 0 radical (unpaired) electrons. The Hall–Kier alpha value is -3.61. The van der Waals surface area contributed by atoms with Crippen molar-refractivity contribution in [1.82, 2.24) is 9.78 Å². The van der Waals surface area contributed by atoms with Gasteiger partial charge in [0.2, 0.25) is 0 Å². The number of nitrogens with zero attached hydrogens (tertiary/aromatic N) is 2. The maximum absolute atomic E-state index is 12.3. The molecular weight excluding hydrogens is 346 g/mol. The number of carbonyl (C=O) groups excluding carboxylic acids is 2. The van der Waals surface area contributed by atoms with Gasteiger partial charge in [0, 0.05) is 12.4 Å². The van der Waals surface area contributed by atoms with E-state index < -0.39 is 18.0 Å². The molecule has 0 spiro atoms. The Morgan fingerprint density at radius 3 is 2.48 bits per heavy atom. The van der Waals surface area contributed by atoms with E-state index in [-0.39, 0.29) is 0 Å². The summed E-state index contributed by atoms with van der Waals surface area (Å²) in [5.41, 5.74) is 1.68. The zero-order chi connectivity index (χ0) is 19.2. The van der Waals surface area contributed by atoms with Gasteiger partial charge in [-0.25, -0.2) is 9.48 Å². The van der Waals surface area contributed by atoms with Gasteiger partial charge in [-0.05, 0) is 49.4 Å². The molecule has 0 aliphatic carbocycles. The first-order valence-corrected chi connectivity index (χ1v) is 8.33. The molecule has 1 heterocycles. The zero-order valence-electron chi connectivity index (χ0n) is 15.0. The number of carbonyl (C=O) groups is 2. The van der Waals surface area contributed by atoms with E-state index in [1.807, 2.05) is 6.07 Å². The highest BCUT2D eigenvalue weighted by Crippen LogP contribution is 2.23. The van der Waals surface area contributed by atoms with Crippen LogP contribution < -0.4 is 10.1 Å². The lowest BCUT2D eigenvalue weighted by Crippen LogP contribution is -2.30. The summed E-state index contributed by atoms with van der Waals surface area (Å²) < 4.78 is 12.1. The summed E-state index contributed by atoms with van der Waals surface area (Å²) in [4.78, 5) is 24.6. The highest BCUT2D eigenvalue weighted by molar-refractivity contribution is 5.98. The third-order valence-electron chi connectivity index (χ3n) is 3.89. The van der Waals surface area contributed by atoms with Gasteiger partial charge < -0.3 is 14.8 Å². The Kier molecular flexibility index (Phi) is 5.51. The SMILES string of the molecule is COc1ccccc1NC(=O)[C@H](C)OC(=O)c1ccc(-n2cccn2)cc1. The van der Waals surface area contributed by atoms with E-state index in [9.17, 15) is 9.59 Å². The Balaban J connectivity index is 1.62. The predicted octanol–water partition coefficient (Wildman–Crippen LogP) is 3.06. The van der Waals surface area contributed by atoms with E-state index in [1.165, 1.54) is 14.0 Å². The van der Waals surface area contributed by atoms with E-state index in [0.29, 0.717) is 17.0 Å². The average molecular weight is 365 g/mol. The molecule has 27 heavy (non-hydrogen) atoms. The highest BCUT2D eigenvalue weighted by Gasteiger charge is 2.20. The first-order valence-electron chi connectivity index (χ1n) is 8.33. The van der Waals surface area contributed by atoms with Gasteiger partial charge in [-0.15, -0.1) is 0 Å². The zero-order valence-corrected chi connectivity index (χ0v) is 15.0. The van der Waals surface area contributed by atoms with Crippen LogP contribution in [0.3, 0.4) is 0 Å². The minimum absolute atomic E-state index is 0.350. The van der Waals surface area contributed by atoms with E-state index in [0.717, 1.165) is 5.69 Å². The quantitative estimate of drug-likeness (QED) is 0.679. The second-order valence-electron chi connectivity index (χ2n) is 5.73. The van der Waals surface area contributed by atoms with Crippen LogP contribution in [-0.2, 0) is 9.53 Å². The van der Waals surface area contributed by atoms with Crippen molar-refractivity contribution in [3.63, 3.8) is 0 Å². The normalized spacial score (nSPS) is 11.5. The molecule has 0 aliphatic heterocycles. The maximum Gasteiger partial charge on any atom is 0.338 e. The molecule has 1 amide bonds. The van der Waals surface area contributed by atoms with Crippen LogP contribution >= 0.6 is 0 Å². The van der Waals surface area contributed by atoms with Crippen LogP contribution in [-0.4, -0.2) is 34.9 Å². The fraction of sp³-hybridized carbons (Fsp3) is 0.150. The molecule has 7 nitrogen and oxygen atoms in total. The molecule has 138 valence electrons. The minimum Gasteiger partial charge on any atom is -0.495 e. The molecule has 1 atom stereocenters. The fourth-order valence-electron chi connectivity index (χ4n) is 2.44. The second-order valence-corrected chi connectivity index (χ2v) is 5.73. The standard InChI is InChI=1S/C20H19N3O4/c1-14(19(24)22-17-6-3-4-7-18(17)26-2)27-20(25)15-8-10-16(11-9-15)23-13-5-12-21-23/h3-14H,1-2H3,(H,22,24)/t14-/m0/s1. The number of benzene rings is 2. The molecule has 0 aliphatic rings. The van der Waals surface area contributed by atoms with Gasteiger partial charge in [-0.2, -0.15) is 5.10 Å². The van der Waals surface area contributed by atoms with E-state index in [1.54, 1.807) is 65.6 Å². The highest BCUT2D eigenvalue weighted by atomic mass is 16.5. The molecule has 3 aromatic rings. The summed E-state index contributed by atoms with van der Waals surface area (Å²) in [7, 11) is 1.52. The van der Waals surface area contributed by atoms with Crippen molar-refractivity contribution in [1.29, 1.82) is 0 Å². The summed E-state index contributed by atoms with van der Waals surface area (Å²) >= 11 is 0. The molecule has 0 unspecified atom stereocenters. The van der Waals surface area contributed by atoms with Crippen molar-refractivity contribution < 1.29 is 19.1 Å². The second kappa shape index (κ2) is 8.18. The molecule has 0 bridgehead atoms. The molecule has 3 rings (SSSR count). The van der Waals surface area contributed by atoms with Gasteiger partial charge in [-0.3, -0.25) is 4.79 Å². The third-order valence-corrected chi connectivity index (χ3v) is 3.89. The Bertz CT molecular complexity index is 921. The molecule has 7 heteroatoms. The summed E-state index contributed by atoms with van der Waals surface area (Å²) in [6, 6.07) is 15.6. The predicted molar refractivity (Wildman–Crippen MR) is 100 cm³/mol. The van der Waals surface area contributed by atoms with Gasteiger partial charge in [0.15, 0.2) is 6.10 Å². The molecule has 0 saturated heterocycles. The van der Waals surface area contributed by atoms with Crippen LogP contribution in [0.2, 0.25) is 0 Å². The van der Waals surface area contributed by atoms with Crippen molar-refractivity contribution in [3.05, 3.63) is 72.6 Å². The smallest absolute Gasteiger partial charge is 0.338 e. The molecule has 1 N–H and O–H groups in total. The Labute approximate surface area is 156 Å². The lowest BCUT2D eigenvalue weighted by molar-refractivity contribution is -0.123. The molecular formula is C20H19N3O4. The topological polar surface area (TPSA) is 82.5 Å². The summed E-state index contributed by atoms with van der Waals surface area (Å²) in [5, 5.41) is 6.82. The Morgan fingerprint density at radius 2 is 1.81 bits per heavy atom. The first kappa shape index (κ1) is 18.2. The third kappa shape index (κ3) is 4.33. The van der Waals surface area contributed by atoms with Crippen molar-refractivity contribution in [2.75, 3.05) is 12.4 Å². The van der Waals surface area contributed by atoms with Gasteiger partial charge in [-0.1, -0.05) is 12.1 Å². The molecule has 1 aromatic heterocycles.